The number of piperidine rings is 1. The van der Waals surface area contributed by atoms with Crippen molar-refractivity contribution in [3.8, 4) is 0 Å². The number of ether oxygens (including phenoxy) is 1. The van der Waals surface area contributed by atoms with Gasteiger partial charge in [0.25, 0.3) is 5.91 Å². The number of nitrogens with one attached hydrogen (secondary N) is 3. The largest absolute Gasteiger partial charge is 0.376 e. The van der Waals surface area contributed by atoms with Gasteiger partial charge >= 0.3 is 0 Å². The minimum atomic E-state index is -0.0971. The minimum absolute atomic E-state index is 0. The van der Waals surface area contributed by atoms with Gasteiger partial charge in [-0.3, -0.25) is 9.59 Å². The molecule has 0 radical (unpaired) electrons. The molecule has 3 rings (SSSR count). The summed E-state index contributed by atoms with van der Waals surface area (Å²) in [6, 6.07) is 7.41. The van der Waals surface area contributed by atoms with Crippen molar-refractivity contribution in [1.29, 1.82) is 0 Å². The maximum atomic E-state index is 12.3. The molecule has 3 N–H and O–H groups in total. The summed E-state index contributed by atoms with van der Waals surface area (Å²) in [4.78, 5) is 24.5. The predicted molar refractivity (Wildman–Crippen MR) is 102 cm³/mol. The van der Waals surface area contributed by atoms with Gasteiger partial charge in [-0.25, -0.2) is 0 Å². The monoisotopic (exact) mass is 381 g/mol. The van der Waals surface area contributed by atoms with E-state index in [1.165, 1.54) is 0 Å². The van der Waals surface area contributed by atoms with Crippen LogP contribution in [-0.4, -0.2) is 44.2 Å². The number of hydrogen-bond acceptors (Lipinski definition) is 4. The van der Waals surface area contributed by atoms with Crippen molar-refractivity contribution in [2.24, 2.45) is 5.92 Å². The predicted octanol–water partition coefficient (Wildman–Crippen LogP) is 1.63. The van der Waals surface area contributed by atoms with Crippen molar-refractivity contribution < 1.29 is 14.3 Å². The maximum Gasteiger partial charge on any atom is 0.251 e. The summed E-state index contributed by atoms with van der Waals surface area (Å²) in [5.41, 5.74) is 1.55. The van der Waals surface area contributed by atoms with Gasteiger partial charge in [0.05, 0.1) is 12.0 Å². The van der Waals surface area contributed by atoms with Crippen LogP contribution in [0.2, 0.25) is 0 Å². The number of carbonyl (C=O) groups is 2. The van der Waals surface area contributed by atoms with E-state index >= 15 is 0 Å². The fourth-order valence-corrected chi connectivity index (χ4v) is 3.35. The molecular weight excluding hydrogens is 354 g/mol. The molecule has 0 spiro atoms. The van der Waals surface area contributed by atoms with E-state index in [4.69, 9.17) is 4.74 Å². The fourth-order valence-electron chi connectivity index (χ4n) is 3.35. The first kappa shape index (κ1) is 20.7. The highest BCUT2D eigenvalue weighted by atomic mass is 35.5. The zero-order valence-corrected chi connectivity index (χ0v) is 15.8. The molecule has 1 aromatic carbocycles. The van der Waals surface area contributed by atoms with E-state index in [1.807, 2.05) is 18.2 Å². The van der Waals surface area contributed by atoms with Gasteiger partial charge in [0, 0.05) is 31.8 Å². The van der Waals surface area contributed by atoms with Crippen molar-refractivity contribution in [3.63, 3.8) is 0 Å². The molecule has 0 saturated carbocycles. The summed E-state index contributed by atoms with van der Waals surface area (Å²) < 4.78 is 5.52. The normalized spacial score (nSPS) is 22.3. The molecule has 0 bridgehead atoms. The highest BCUT2D eigenvalue weighted by Gasteiger charge is 2.20. The average molecular weight is 382 g/mol. The average Bonchev–Trinajstić information content (AvgIpc) is 3.19. The molecule has 2 heterocycles. The zero-order chi connectivity index (χ0) is 17.5. The van der Waals surface area contributed by atoms with Gasteiger partial charge in [-0.05, 0) is 49.9 Å². The molecule has 0 aliphatic carbocycles. The lowest BCUT2D eigenvalue weighted by atomic mass is 9.99. The Kier molecular flexibility index (Phi) is 8.35. The Bertz CT molecular complexity index is 599. The van der Waals surface area contributed by atoms with E-state index in [0.717, 1.165) is 50.9 Å². The molecule has 2 atom stereocenters. The van der Waals surface area contributed by atoms with Gasteiger partial charge in [0.15, 0.2) is 0 Å². The van der Waals surface area contributed by atoms with Crippen LogP contribution in [-0.2, 0) is 16.1 Å². The standard InChI is InChI=1S/C19H27N3O3.ClH/c23-18(22-13-17-7-3-9-25-17)15-5-1-4-14(10-15)11-21-19(24)16-6-2-8-20-12-16;/h1,4-5,10,16-17,20H,2-3,6-9,11-13H2,(H,21,24)(H,22,23);1H. The maximum absolute atomic E-state index is 12.3. The van der Waals surface area contributed by atoms with Crippen molar-refractivity contribution in [3.05, 3.63) is 35.4 Å². The van der Waals surface area contributed by atoms with Crippen LogP contribution in [0, 0.1) is 5.92 Å². The molecular formula is C19H28ClN3O3. The van der Waals surface area contributed by atoms with Crippen LogP contribution < -0.4 is 16.0 Å². The Hall–Kier alpha value is -1.63. The summed E-state index contributed by atoms with van der Waals surface area (Å²) in [5.74, 6) is 0.0345. The first-order valence-corrected chi connectivity index (χ1v) is 9.19. The van der Waals surface area contributed by atoms with Crippen LogP contribution in [0.1, 0.15) is 41.6 Å². The summed E-state index contributed by atoms with van der Waals surface area (Å²) in [6.07, 6.45) is 4.17. The molecule has 2 aliphatic heterocycles. The van der Waals surface area contributed by atoms with Crippen LogP contribution in [0.4, 0.5) is 0 Å². The van der Waals surface area contributed by atoms with Gasteiger partial charge in [-0.2, -0.15) is 0 Å². The second-order valence-corrected chi connectivity index (χ2v) is 6.81. The van der Waals surface area contributed by atoms with Crippen molar-refractivity contribution >= 4 is 24.2 Å². The molecule has 2 saturated heterocycles. The molecule has 2 amide bonds. The fraction of sp³-hybridized carbons (Fsp3) is 0.579. The zero-order valence-electron chi connectivity index (χ0n) is 15.0. The van der Waals surface area contributed by atoms with Gasteiger partial charge in [0.2, 0.25) is 5.91 Å². The van der Waals surface area contributed by atoms with Gasteiger partial charge in [0.1, 0.15) is 0 Å². The topological polar surface area (TPSA) is 79.5 Å². The van der Waals surface area contributed by atoms with E-state index in [2.05, 4.69) is 16.0 Å². The second kappa shape index (κ2) is 10.5. The summed E-state index contributed by atoms with van der Waals surface area (Å²) in [5, 5.41) is 9.16. The van der Waals surface area contributed by atoms with E-state index < -0.39 is 0 Å². The van der Waals surface area contributed by atoms with Gasteiger partial charge in [-0.15, -0.1) is 12.4 Å². The Morgan fingerprint density at radius 1 is 1.19 bits per heavy atom. The number of carbonyl (C=O) groups excluding carboxylic acids is 2. The molecule has 2 fully saturated rings. The van der Waals surface area contributed by atoms with Crippen LogP contribution in [0.15, 0.2) is 24.3 Å². The van der Waals surface area contributed by atoms with E-state index in [-0.39, 0.29) is 36.2 Å². The van der Waals surface area contributed by atoms with Crippen molar-refractivity contribution in [1.82, 2.24) is 16.0 Å². The van der Waals surface area contributed by atoms with E-state index in [9.17, 15) is 9.59 Å². The molecule has 2 aliphatic rings. The molecule has 2 unspecified atom stereocenters. The first-order valence-electron chi connectivity index (χ1n) is 9.19. The Morgan fingerprint density at radius 3 is 2.81 bits per heavy atom. The van der Waals surface area contributed by atoms with Crippen molar-refractivity contribution in [2.75, 3.05) is 26.2 Å². The number of hydrogen-bond donors (Lipinski definition) is 3. The summed E-state index contributed by atoms with van der Waals surface area (Å²) >= 11 is 0. The molecule has 6 nitrogen and oxygen atoms in total. The van der Waals surface area contributed by atoms with Crippen molar-refractivity contribution in [2.45, 2.75) is 38.3 Å². The highest BCUT2D eigenvalue weighted by Crippen LogP contribution is 2.12. The number of benzene rings is 1. The molecule has 7 heteroatoms. The van der Waals surface area contributed by atoms with Crippen LogP contribution >= 0.6 is 12.4 Å². The second-order valence-electron chi connectivity index (χ2n) is 6.81. The van der Waals surface area contributed by atoms with E-state index in [1.54, 1.807) is 6.07 Å². The SMILES string of the molecule is Cl.O=C(NCC1CCCO1)c1cccc(CNC(=O)C2CCCNC2)c1. The lowest BCUT2D eigenvalue weighted by molar-refractivity contribution is -0.125. The number of halogens is 1. The quantitative estimate of drug-likeness (QED) is 0.699. The third kappa shape index (κ3) is 5.97. The van der Waals surface area contributed by atoms with Crippen LogP contribution in [0.25, 0.3) is 0 Å². The van der Waals surface area contributed by atoms with Crippen LogP contribution in [0.3, 0.4) is 0 Å². The lowest BCUT2D eigenvalue weighted by Crippen LogP contribution is -2.40. The van der Waals surface area contributed by atoms with Gasteiger partial charge < -0.3 is 20.7 Å². The first-order chi connectivity index (χ1) is 12.2. The minimum Gasteiger partial charge on any atom is -0.376 e. The summed E-state index contributed by atoms with van der Waals surface area (Å²) in [7, 11) is 0. The lowest BCUT2D eigenvalue weighted by Gasteiger charge is -2.21. The third-order valence-electron chi connectivity index (χ3n) is 4.84. The smallest absolute Gasteiger partial charge is 0.251 e. The number of rotatable bonds is 6. The Morgan fingerprint density at radius 2 is 2.08 bits per heavy atom. The highest BCUT2D eigenvalue weighted by molar-refractivity contribution is 5.94. The molecule has 1 aromatic rings. The third-order valence-corrected chi connectivity index (χ3v) is 4.84. The Labute approximate surface area is 160 Å². The molecule has 0 aromatic heterocycles. The number of amides is 2. The Balaban J connectivity index is 0.00000243. The van der Waals surface area contributed by atoms with E-state index in [0.29, 0.717) is 18.7 Å². The summed E-state index contributed by atoms with van der Waals surface area (Å²) in [6.45, 7) is 3.52. The molecule has 144 valence electrons. The van der Waals surface area contributed by atoms with Gasteiger partial charge in [-0.1, -0.05) is 12.1 Å². The van der Waals surface area contributed by atoms with Crippen LogP contribution in [0.5, 0.6) is 0 Å². The molecule has 26 heavy (non-hydrogen) atoms.